The molecule has 1 aliphatic carbocycles. The molecule has 1 aliphatic rings. The Morgan fingerprint density at radius 2 is 1.95 bits per heavy atom. The molecule has 0 unspecified atom stereocenters. The van der Waals surface area contributed by atoms with Crippen LogP contribution in [0.1, 0.15) is 62.2 Å². The van der Waals surface area contributed by atoms with Gasteiger partial charge in [0.1, 0.15) is 5.82 Å². The molecular formula is C16H26N6. The number of aromatic nitrogens is 5. The standard InChI is InChI=1S/C16H26N6/c1-16(2,3)15-18-14(19-20-15)10-17-9-13-11-7-5-6-8-12(11)21-22(13)4/h17H,5-10H2,1-4H3,(H,18,19,20). The van der Waals surface area contributed by atoms with Crippen molar-refractivity contribution in [2.24, 2.45) is 7.05 Å². The van der Waals surface area contributed by atoms with Crippen LogP contribution < -0.4 is 5.32 Å². The fraction of sp³-hybridized carbons (Fsp3) is 0.688. The molecule has 2 N–H and O–H groups in total. The SMILES string of the molecule is Cn1nc2c(c1CNCc1nc(C(C)(C)C)n[nH]1)CCCC2. The normalized spacial score (nSPS) is 15.1. The molecule has 0 aliphatic heterocycles. The van der Waals surface area contributed by atoms with E-state index in [0.717, 1.165) is 31.0 Å². The van der Waals surface area contributed by atoms with Crippen molar-refractivity contribution in [3.8, 4) is 0 Å². The van der Waals surface area contributed by atoms with E-state index in [9.17, 15) is 0 Å². The van der Waals surface area contributed by atoms with Gasteiger partial charge in [0.15, 0.2) is 5.82 Å². The van der Waals surface area contributed by atoms with Crippen LogP contribution in [0.4, 0.5) is 0 Å². The monoisotopic (exact) mass is 302 g/mol. The summed E-state index contributed by atoms with van der Waals surface area (Å²) in [5.74, 6) is 1.75. The third kappa shape index (κ3) is 3.06. The summed E-state index contributed by atoms with van der Waals surface area (Å²) >= 11 is 0. The number of aromatic amines is 1. The molecule has 0 aromatic carbocycles. The number of fused-ring (bicyclic) bond motifs is 1. The number of hydrogen-bond acceptors (Lipinski definition) is 4. The van der Waals surface area contributed by atoms with Crippen LogP contribution in [0.3, 0.4) is 0 Å². The number of nitrogens with one attached hydrogen (secondary N) is 2. The maximum atomic E-state index is 4.65. The van der Waals surface area contributed by atoms with E-state index in [4.69, 9.17) is 0 Å². The van der Waals surface area contributed by atoms with Gasteiger partial charge in [0, 0.05) is 19.0 Å². The van der Waals surface area contributed by atoms with Gasteiger partial charge >= 0.3 is 0 Å². The number of hydrogen-bond donors (Lipinski definition) is 2. The van der Waals surface area contributed by atoms with Crippen LogP contribution in [0.25, 0.3) is 0 Å². The van der Waals surface area contributed by atoms with Crippen LogP contribution in [-0.2, 0) is 38.4 Å². The van der Waals surface area contributed by atoms with E-state index in [2.05, 4.69) is 46.4 Å². The van der Waals surface area contributed by atoms with Gasteiger partial charge in [-0.1, -0.05) is 20.8 Å². The van der Waals surface area contributed by atoms with Gasteiger partial charge in [0.05, 0.1) is 17.9 Å². The molecule has 0 radical (unpaired) electrons. The molecule has 0 atom stereocenters. The van der Waals surface area contributed by atoms with E-state index in [1.165, 1.54) is 29.8 Å². The first-order valence-electron chi connectivity index (χ1n) is 8.11. The fourth-order valence-corrected chi connectivity index (χ4v) is 2.98. The Hall–Kier alpha value is -1.69. The number of aryl methyl sites for hydroxylation is 2. The maximum Gasteiger partial charge on any atom is 0.156 e. The highest BCUT2D eigenvalue weighted by Gasteiger charge is 2.20. The van der Waals surface area contributed by atoms with E-state index >= 15 is 0 Å². The van der Waals surface area contributed by atoms with Crippen molar-refractivity contribution in [1.29, 1.82) is 0 Å². The van der Waals surface area contributed by atoms with Gasteiger partial charge in [-0.3, -0.25) is 9.78 Å². The highest BCUT2D eigenvalue weighted by molar-refractivity contribution is 5.28. The molecule has 0 saturated carbocycles. The molecular weight excluding hydrogens is 276 g/mol. The van der Waals surface area contributed by atoms with Gasteiger partial charge < -0.3 is 5.32 Å². The van der Waals surface area contributed by atoms with Crippen molar-refractivity contribution in [1.82, 2.24) is 30.3 Å². The molecule has 2 heterocycles. The van der Waals surface area contributed by atoms with Crippen LogP contribution in [-0.4, -0.2) is 25.0 Å². The summed E-state index contributed by atoms with van der Waals surface area (Å²) in [5.41, 5.74) is 4.04. The van der Waals surface area contributed by atoms with E-state index in [1.54, 1.807) is 0 Å². The molecule has 2 aromatic rings. The van der Waals surface area contributed by atoms with Crippen LogP contribution in [0.2, 0.25) is 0 Å². The number of H-pyrrole nitrogens is 1. The smallest absolute Gasteiger partial charge is 0.156 e. The minimum absolute atomic E-state index is 0.0180. The molecule has 0 bridgehead atoms. The third-order valence-electron chi connectivity index (χ3n) is 4.24. The van der Waals surface area contributed by atoms with Crippen molar-refractivity contribution in [2.45, 2.75) is 65.0 Å². The summed E-state index contributed by atoms with van der Waals surface area (Å²) in [5, 5.41) is 15.4. The van der Waals surface area contributed by atoms with E-state index in [1.807, 2.05) is 11.7 Å². The lowest BCUT2D eigenvalue weighted by Crippen LogP contribution is -2.18. The quantitative estimate of drug-likeness (QED) is 0.906. The summed E-state index contributed by atoms with van der Waals surface area (Å²) in [6, 6.07) is 0. The van der Waals surface area contributed by atoms with Gasteiger partial charge in [-0.15, -0.1) is 0 Å². The Kier molecular flexibility index (Phi) is 4.04. The minimum Gasteiger partial charge on any atom is -0.304 e. The highest BCUT2D eigenvalue weighted by Crippen LogP contribution is 2.23. The lowest BCUT2D eigenvalue weighted by atomic mass is 9.96. The molecule has 6 heteroatoms. The van der Waals surface area contributed by atoms with E-state index in [0.29, 0.717) is 6.54 Å². The maximum absolute atomic E-state index is 4.65. The van der Waals surface area contributed by atoms with Crippen molar-refractivity contribution in [2.75, 3.05) is 0 Å². The summed E-state index contributed by atoms with van der Waals surface area (Å²) in [7, 11) is 2.04. The Labute approximate surface area is 131 Å². The third-order valence-corrected chi connectivity index (χ3v) is 4.24. The molecule has 3 rings (SSSR count). The topological polar surface area (TPSA) is 71.4 Å². The first kappa shape index (κ1) is 15.2. The predicted molar refractivity (Wildman–Crippen MR) is 85.5 cm³/mol. The molecule has 120 valence electrons. The molecule has 0 spiro atoms. The second-order valence-corrected chi connectivity index (χ2v) is 7.16. The zero-order chi connectivity index (χ0) is 15.7. The second kappa shape index (κ2) is 5.83. The Morgan fingerprint density at radius 1 is 1.18 bits per heavy atom. The lowest BCUT2D eigenvalue weighted by molar-refractivity contribution is 0.546. The summed E-state index contributed by atoms with van der Waals surface area (Å²) in [6.45, 7) is 7.88. The zero-order valence-corrected chi connectivity index (χ0v) is 14.0. The Morgan fingerprint density at radius 3 is 2.68 bits per heavy atom. The Balaban J connectivity index is 1.62. The van der Waals surface area contributed by atoms with Crippen molar-refractivity contribution < 1.29 is 0 Å². The van der Waals surface area contributed by atoms with Crippen molar-refractivity contribution >= 4 is 0 Å². The first-order valence-corrected chi connectivity index (χ1v) is 8.11. The van der Waals surface area contributed by atoms with Gasteiger partial charge in [-0.05, 0) is 31.2 Å². The number of nitrogens with zero attached hydrogens (tertiary/aromatic N) is 4. The highest BCUT2D eigenvalue weighted by atomic mass is 15.3. The van der Waals surface area contributed by atoms with E-state index < -0.39 is 0 Å². The first-order chi connectivity index (χ1) is 10.4. The molecule has 2 aromatic heterocycles. The van der Waals surface area contributed by atoms with Crippen LogP contribution in [0, 0.1) is 0 Å². The van der Waals surface area contributed by atoms with Crippen molar-refractivity contribution in [3.63, 3.8) is 0 Å². The van der Waals surface area contributed by atoms with Crippen LogP contribution in [0.5, 0.6) is 0 Å². The van der Waals surface area contributed by atoms with Gasteiger partial charge in [0.25, 0.3) is 0 Å². The van der Waals surface area contributed by atoms with Crippen LogP contribution >= 0.6 is 0 Å². The summed E-state index contributed by atoms with van der Waals surface area (Å²) in [4.78, 5) is 4.56. The molecule has 0 amide bonds. The molecule has 0 fully saturated rings. The molecule has 22 heavy (non-hydrogen) atoms. The summed E-state index contributed by atoms with van der Waals surface area (Å²) in [6.07, 6.45) is 4.84. The summed E-state index contributed by atoms with van der Waals surface area (Å²) < 4.78 is 2.03. The van der Waals surface area contributed by atoms with Gasteiger partial charge in [0.2, 0.25) is 0 Å². The zero-order valence-electron chi connectivity index (χ0n) is 14.0. The average molecular weight is 302 g/mol. The van der Waals surface area contributed by atoms with E-state index in [-0.39, 0.29) is 5.41 Å². The molecule has 0 saturated heterocycles. The fourth-order valence-electron chi connectivity index (χ4n) is 2.98. The number of rotatable bonds is 4. The average Bonchev–Trinajstić information content (AvgIpc) is 3.04. The van der Waals surface area contributed by atoms with Gasteiger partial charge in [-0.25, -0.2) is 4.98 Å². The Bertz CT molecular complexity index is 646. The largest absolute Gasteiger partial charge is 0.304 e. The van der Waals surface area contributed by atoms with Crippen LogP contribution in [0.15, 0.2) is 0 Å². The lowest BCUT2D eigenvalue weighted by Gasteiger charge is -2.12. The second-order valence-electron chi connectivity index (χ2n) is 7.16. The van der Waals surface area contributed by atoms with Crippen molar-refractivity contribution in [3.05, 3.63) is 28.6 Å². The minimum atomic E-state index is -0.0180. The van der Waals surface area contributed by atoms with Gasteiger partial charge in [-0.2, -0.15) is 10.2 Å². The molecule has 6 nitrogen and oxygen atoms in total. The predicted octanol–water partition coefficient (Wildman–Crippen LogP) is 2.00.